The summed E-state index contributed by atoms with van der Waals surface area (Å²) in [5, 5.41) is 8.27. The third-order valence-electron chi connectivity index (χ3n) is 4.38. The standard InChI is InChI=1S/C22H21ClN2O2S/c1-15(17-10-5-6-11-18(17)23)24-21(26)19(14-16-8-3-2-4-9-16)25-22(27)20-12-7-13-28-20/h2-13,15,19H,14H2,1H3,(H,24,26)(H,25,27). The molecule has 0 saturated heterocycles. The molecule has 2 N–H and O–H groups in total. The molecule has 2 unspecified atom stereocenters. The third-order valence-corrected chi connectivity index (χ3v) is 5.59. The fraction of sp³-hybridized carbons (Fsp3) is 0.182. The summed E-state index contributed by atoms with van der Waals surface area (Å²) in [6.45, 7) is 1.87. The minimum absolute atomic E-state index is 0.249. The Morgan fingerprint density at radius 2 is 1.68 bits per heavy atom. The van der Waals surface area contributed by atoms with Crippen molar-refractivity contribution in [1.29, 1.82) is 0 Å². The van der Waals surface area contributed by atoms with E-state index in [1.807, 2.05) is 66.9 Å². The van der Waals surface area contributed by atoms with E-state index in [2.05, 4.69) is 10.6 Å². The number of rotatable bonds is 7. The molecule has 6 heteroatoms. The zero-order chi connectivity index (χ0) is 19.9. The summed E-state index contributed by atoms with van der Waals surface area (Å²) in [5.74, 6) is -0.502. The van der Waals surface area contributed by atoms with E-state index in [1.54, 1.807) is 12.1 Å². The molecule has 1 heterocycles. The van der Waals surface area contributed by atoms with Crippen LogP contribution in [-0.2, 0) is 11.2 Å². The van der Waals surface area contributed by atoms with E-state index in [4.69, 9.17) is 11.6 Å². The van der Waals surface area contributed by atoms with Gasteiger partial charge in [0, 0.05) is 11.4 Å². The SMILES string of the molecule is CC(NC(=O)C(Cc1ccccc1)NC(=O)c1cccs1)c1ccccc1Cl. The highest BCUT2D eigenvalue weighted by molar-refractivity contribution is 7.12. The molecule has 0 radical (unpaired) electrons. The van der Waals surface area contributed by atoms with Gasteiger partial charge in [-0.1, -0.05) is 66.2 Å². The zero-order valence-corrected chi connectivity index (χ0v) is 17.0. The Balaban J connectivity index is 1.75. The summed E-state index contributed by atoms with van der Waals surface area (Å²) in [6, 6.07) is 19.6. The van der Waals surface area contributed by atoms with Crippen molar-refractivity contribution >= 4 is 34.8 Å². The molecule has 3 rings (SSSR count). The Hall–Kier alpha value is -2.63. The summed E-state index contributed by atoms with van der Waals surface area (Å²) >= 11 is 7.59. The second kappa shape index (κ2) is 9.53. The van der Waals surface area contributed by atoms with Crippen LogP contribution in [0.1, 0.15) is 33.8 Å². The van der Waals surface area contributed by atoms with Gasteiger partial charge in [-0.2, -0.15) is 0 Å². The molecule has 0 spiro atoms. The molecule has 28 heavy (non-hydrogen) atoms. The van der Waals surface area contributed by atoms with Crippen molar-refractivity contribution < 1.29 is 9.59 Å². The number of carbonyl (C=O) groups excluding carboxylic acids is 2. The Morgan fingerprint density at radius 1 is 0.964 bits per heavy atom. The predicted octanol–water partition coefficient (Wildman–Crippen LogP) is 4.62. The van der Waals surface area contributed by atoms with E-state index < -0.39 is 6.04 Å². The summed E-state index contributed by atoms with van der Waals surface area (Å²) in [6.07, 6.45) is 0.402. The lowest BCUT2D eigenvalue weighted by Crippen LogP contribution is -2.48. The minimum Gasteiger partial charge on any atom is -0.348 e. The van der Waals surface area contributed by atoms with Crippen LogP contribution in [-0.4, -0.2) is 17.9 Å². The Morgan fingerprint density at radius 3 is 2.36 bits per heavy atom. The van der Waals surface area contributed by atoms with Crippen molar-refractivity contribution in [3.8, 4) is 0 Å². The molecule has 2 atom stereocenters. The molecule has 0 fully saturated rings. The normalized spacial score (nSPS) is 12.8. The van der Waals surface area contributed by atoms with Crippen molar-refractivity contribution in [2.24, 2.45) is 0 Å². The Labute approximate surface area is 173 Å². The van der Waals surface area contributed by atoms with Gasteiger partial charge >= 0.3 is 0 Å². The van der Waals surface area contributed by atoms with E-state index in [9.17, 15) is 9.59 Å². The molecule has 0 bridgehead atoms. The largest absolute Gasteiger partial charge is 0.348 e. The van der Waals surface area contributed by atoms with Gasteiger partial charge in [-0.25, -0.2) is 0 Å². The lowest BCUT2D eigenvalue weighted by molar-refractivity contribution is -0.123. The highest BCUT2D eigenvalue weighted by Crippen LogP contribution is 2.22. The second-order valence-electron chi connectivity index (χ2n) is 6.44. The first-order chi connectivity index (χ1) is 13.5. The topological polar surface area (TPSA) is 58.2 Å². The summed E-state index contributed by atoms with van der Waals surface area (Å²) in [7, 11) is 0. The monoisotopic (exact) mass is 412 g/mol. The summed E-state index contributed by atoms with van der Waals surface area (Å²) < 4.78 is 0. The van der Waals surface area contributed by atoms with Crippen molar-refractivity contribution in [3.63, 3.8) is 0 Å². The van der Waals surface area contributed by atoms with Gasteiger partial charge in [0.2, 0.25) is 5.91 Å². The maximum atomic E-state index is 13.0. The zero-order valence-electron chi connectivity index (χ0n) is 15.4. The molecule has 0 saturated carbocycles. The van der Waals surface area contributed by atoms with E-state index in [0.717, 1.165) is 11.1 Å². The molecule has 144 valence electrons. The molecule has 3 aromatic rings. The van der Waals surface area contributed by atoms with Crippen LogP contribution in [0.25, 0.3) is 0 Å². The van der Waals surface area contributed by atoms with Crippen LogP contribution in [0.4, 0.5) is 0 Å². The van der Waals surface area contributed by atoms with Crippen molar-refractivity contribution in [3.05, 3.63) is 93.1 Å². The number of amides is 2. The molecular weight excluding hydrogens is 392 g/mol. The molecule has 0 aliphatic heterocycles. The number of carbonyl (C=O) groups is 2. The molecule has 4 nitrogen and oxygen atoms in total. The lowest BCUT2D eigenvalue weighted by Gasteiger charge is -2.22. The Kier molecular flexibility index (Phi) is 6.85. The number of thiophene rings is 1. The average molecular weight is 413 g/mol. The maximum Gasteiger partial charge on any atom is 0.262 e. The van der Waals surface area contributed by atoms with Crippen LogP contribution in [0.2, 0.25) is 5.02 Å². The molecule has 2 amide bonds. The number of hydrogen-bond donors (Lipinski definition) is 2. The van der Waals surface area contributed by atoms with Crippen LogP contribution in [0.5, 0.6) is 0 Å². The van der Waals surface area contributed by atoms with Crippen LogP contribution in [0, 0.1) is 0 Å². The van der Waals surface area contributed by atoms with Gasteiger partial charge in [0.1, 0.15) is 6.04 Å². The molecule has 1 aromatic heterocycles. The van der Waals surface area contributed by atoms with Gasteiger partial charge in [0.25, 0.3) is 5.91 Å². The summed E-state index contributed by atoms with van der Waals surface area (Å²) in [5.41, 5.74) is 1.81. The quantitative estimate of drug-likeness (QED) is 0.594. The Bertz CT molecular complexity index is 929. The van der Waals surface area contributed by atoms with Gasteiger partial charge < -0.3 is 10.6 Å². The van der Waals surface area contributed by atoms with E-state index >= 15 is 0 Å². The molecule has 0 aliphatic carbocycles. The second-order valence-corrected chi connectivity index (χ2v) is 7.80. The fourth-order valence-electron chi connectivity index (χ4n) is 2.91. The first-order valence-electron chi connectivity index (χ1n) is 8.97. The van der Waals surface area contributed by atoms with Crippen molar-refractivity contribution in [2.45, 2.75) is 25.4 Å². The van der Waals surface area contributed by atoms with E-state index in [-0.39, 0.29) is 17.9 Å². The van der Waals surface area contributed by atoms with Gasteiger partial charge in [0.05, 0.1) is 10.9 Å². The van der Waals surface area contributed by atoms with Gasteiger partial charge in [0.15, 0.2) is 0 Å². The highest BCUT2D eigenvalue weighted by Gasteiger charge is 2.24. The van der Waals surface area contributed by atoms with E-state index in [1.165, 1.54) is 11.3 Å². The number of benzene rings is 2. The van der Waals surface area contributed by atoms with Crippen LogP contribution in [0.3, 0.4) is 0 Å². The van der Waals surface area contributed by atoms with Gasteiger partial charge in [-0.05, 0) is 35.6 Å². The first kappa shape index (κ1) is 20.1. The maximum absolute atomic E-state index is 13.0. The van der Waals surface area contributed by atoms with Gasteiger partial charge in [-0.15, -0.1) is 11.3 Å². The van der Waals surface area contributed by atoms with Crippen LogP contribution < -0.4 is 10.6 Å². The minimum atomic E-state index is -0.693. The summed E-state index contributed by atoms with van der Waals surface area (Å²) in [4.78, 5) is 26.1. The molecule has 0 aliphatic rings. The smallest absolute Gasteiger partial charge is 0.262 e. The highest BCUT2D eigenvalue weighted by atomic mass is 35.5. The van der Waals surface area contributed by atoms with Gasteiger partial charge in [-0.3, -0.25) is 9.59 Å². The van der Waals surface area contributed by atoms with Crippen molar-refractivity contribution in [2.75, 3.05) is 0 Å². The number of nitrogens with one attached hydrogen (secondary N) is 2. The van der Waals surface area contributed by atoms with Crippen LogP contribution in [0.15, 0.2) is 72.1 Å². The average Bonchev–Trinajstić information content (AvgIpc) is 3.23. The predicted molar refractivity (Wildman–Crippen MR) is 114 cm³/mol. The fourth-order valence-corrected chi connectivity index (χ4v) is 3.84. The van der Waals surface area contributed by atoms with Crippen molar-refractivity contribution in [1.82, 2.24) is 10.6 Å². The lowest BCUT2D eigenvalue weighted by atomic mass is 10.0. The third kappa shape index (κ3) is 5.21. The first-order valence-corrected chi connectivity index (χ1v) is 10.2. The number of hydrogen-bond acceptors (Lipinski definition) is 3. The molecular formula is C22H21ClN2O2S. The number of halogens is 1. The van der Waals surface area contributed by atoms with Crippen LogP contribution >= 0.6 is 22.9 Å². The molecule has 2 aromatic carbocycles. The van der Waals surface area contributed by atoms with E-state index in [0.29, 0.717) is 16.3 Å².